The van der Waals surface area contributed by atoms with Crippen molar-refractivity contribution in [2.45, 2.75) is 19.9 Å². The fraction of sp³-hybridized carbons (Fsp3) is 0.222. The molecule has 23 heavy (non-hydrogen) atoms. The Hall–Kier alpha value is -2.82. The zero-order chi connectivity index (χ0) is 16.1. The van der Waals surface area contributed by atoms with Crippen LogP contribution >= 0.6 is 0 Å². The molecule has 0 spiro atoms. The number of carbonyl (C=O) groups excluding carboxylic acids is 1. The number of urea groups is 1. The molecule has 0 fully saturated rings. The Balaban J connectivity index is 1.57. The van der Waals surface area contributed by atoms with E-state index in [-0.39, 0.29) is 6.03 Å². The minimum absolute atomic E-state index is 0.199. The van der Waals surface area contributed by atoms with E-state index < -0.39 is 0 Å². The molecule has 3 rings (SSSR count). The zero-order valence-electron chi connectivity index (χ0n) is 13.1. The molecule has 0 aliphatic rings. The van der Waals surface area contributed by atoms with Crippen molar-refractivity contribution in [3.63, 3.8) is 0 Å². The molecule has 2 N–H and O–H groups in total. The van der Waals surface area contributed by atoms with Crippen molar-refractivity contribution in [3.8, 4) is 0 Å². The van der Waals surface area contributed by atoms with Crippen LogP contribution in [0.3, 0.4) is 0 Å². The van der Waals surface area contributed by atoms with Crippen molar-refractivity contribution in [1.29, 1.82) is 0 Å². The van der Waals surface area contributed by atoms with Gasteiger partial charge in [-0.25, -0.2) is 4.79 Å². The van der Waals surface area contributed by atoms with E-state index in [9.17, 15) is 4.79 Å². The van der Waals surface area contributed by atoms with E-state index >= 15 is 0 Å². The standard InChI is InChI=1S/C18H20N4O/c1-2-22-12-9-14-6-7-16(13-17(14)22)21-18(23)20-11-8-15-5-3-4-10-19-15/h3-7,9-10,12-13H,2,8,11H2,1H3,(H2,20,21,23). The number of nitrogens with one attached hydrogen (secondary N) is 2. The number of aromatic nitrogens is 2. The molecule has 0 saturated carbocycles. The molecule has 0 aliphatic carbocycles. The first kappa shape index (κ1) is 15.1. The molecule has 5 nitrogen and oxygen atoms in total. The predicted molar refractivity (Wildman–Crippen MR) is 92.6 cm³/mol. The van der Waals surface area contributed by atoms with Crippen LogP contribution in [0.25, 0.3) is 10.9 Å². The number of fused-ring (bicyclic) bond motifs is 1. The Morgan fingerprint density at radius 3 is 2.91 bits per heavy atom. The van der Waals surface area contributed by atoms with Crippen LogP contribution < -0.4 is 10.6 Å². The molecule has 0 atom stereocenters. The molecular formula is C18H20N4O. The number of hydrogen-bond donors (Lipinski definition) is 2. The summed E-state index contributed by atoms with van der Waals surface area (Å²) < 4.78 is 2.15. The van der Waals surface area contributed by atoms with Crippen molar-refractivity contribution < 1.29 is 4.79 Å². The van der Waals surface area contributed by atoms with Gasteiger partial charge in [-0.15, -0.1) is 0 Å². The molecule has 3 aromatic rings. The van der Waals surface area contributed by atoms with Crippen molar-refractivity contribution in [2.75, 3.05) is 11.9 Å². The second kappa shape index (κ2) is 6.96. The number of nitrogens with zero attached hydrogens (tertiary/aromatic N) is 2. The van der Waals surface area contributed by atoms with E-state index in [1.54, 1.807) is 6.20 Å². The minimum atomic E-state index is -0.199. The van der Waals surface area contributed by atoms with Gasteiger partial charge in [0.05, 0.1) is 5.52 Å². The summed E-state index contributed by atoms with van der Waals surface area (Å²) >= 11 is 0. The highest BCUT2D eigenvalue weighted by molar-refractivity contribution is 5.92. The molecule has 0 aliphatic heterocycles. The number of aryl methyl sites for hydroxylation is 1. The Bertz CT molecular complexity index is 795. The van der Waals surface area contributed by atoms with Crippen LogP contribution in [0.15, 0.2) is 54.9 Å². The Morgan fingerprint density at radius 2 is 2.13 bits per heavy atom. The van der Waals surface area contributed by atoms with E-state index in [0.717, 1.165) is 23.4 Å². The van der Waals surface area contributed by atoms with E-state index in [4.69, 9.17) is 0 Å². The second-order valence-electron chi connectivity index (χ2n) is 5.33. The van der Waals surface area contributed by atoms with Crippen molar-refractivity contribution in [1.82, 2.24) is 14.9 Å². The molecule has 1 aromatic carbocycles. The first-order chi connectivity index (χ1) is 11.3. The van der Waals surface area contributed by atoms with Crippen LogP contribution in [0.1, 0.15) is 12.6 Å². The highest BCUT2D eigenvalue weighted by atomic mass is 16.2. The third-order valence-corrected chi connectivity index (χ3v) is 3.77. The molecule has 118 valence electrons. The van der Waals surface area contributed by atoms with Crippen molar-refractivity contribution >= 4 is 22.6 Å². The summed E-state index contributed by atoms with van der Waals surface area (Å²) in [5.74, 6) is 0. The summed E-state index contributed by atoms with van der Waals surface area (Å²) in [6.45, 7) is 3.56. The first-order valence-electron chi connectivity index (χ1n) is 7.80. The number of rotatable bonds is 5. The smallest absolute Gasteiger partial charge is 0.319 e. The van der Waals surface area contributed by atoms with Gasteiger partial charge in [0.2, 0.25) is 0 Å². The highest BCUT2D eigenvalue weighted by Gasteiger charge is 2.05. The summed E-state index contributed by atoms with van der Waals surface area (Å²) in [7, 11) is 0. The normalized spacial score (nSPS) is 10.7. The number of anilines is 1. The van der Waals surface area contributed by atoms with Gasteiger partial charge in [0.25, 0.3) is 0 Å². The predicted octanol–water partition coefficient (Wildman–Crippen LogP) is 3.42. The maximum absolute atomic E-state index is 12.0. The zero-order valence-corrected chi connectivity index (χ0v) is 13.1. The molecule has 2 aromatic heterocycles. The third kappa shape index (κ3) is 3.69. The Kier molecular flexibility index (Phi) is 4.57. The molecule has 2 amide bonds. The summed E-state index contributed by atoms with van der Waals surface area (Å²) in [6.07, 6.45) is 4.53. The maximum atomic E-state index is 12.0. The molecule has 0 unspecified atom stereocenters. The first-order valence-corrected chi connectivity index (χ1v) is 7.80. The second-order valence-corrected chi connectivity index (χ2v) is 5.33. The van der Waals surface area contributed by atoms with Gasteiger partial charge < -0.3 is 15.2 Å². The fourth-order valence-electron chi connectivity index (χ4n) is 2.56. The summed E-state index contributed by atoms with van der Waals surface area (Å²) in [5.41, 5.74) is 2.88. The molecule has 2 heterocycles. The Morgan fingerprint density at radius 1 is 1.22 bits per heavy atom. The van der Waals surface area contributed by atoms with E-state index in [1.165, 1.54) is 5.39 Å². The van der Waals surface area contributed by atoms with Gasteiger partial charge in [-0.2, -0.15) is 0 Å². The lowest BCUT2D eigenvalue weighted by Gasteiger charge is -2.08. The van der Waals surface area contributed by atoms with Crippen LogP contribution in [-0.2, 0) is 13.0 Å². The molecule has 0 bridgehead atoms. The lowest BCUT2D eigenvalue weighted by molar-refractivity contribution is 0.252. The maximum Gasteiger partial charge on any atom is 0.319 e. The SMILES string of the molecule is CCn1ccc2ccc(NC(=O)NCCc3ccccn3)cc21. The third-order valence-electron chi connectivity index (χ3n) is 3.77. The molecule has 0 saturated heterocycles. The fourth-order valence-corrected chi connectivity index (χ4v) is 2.56. The van der Waals surface area contributed by atoms with Gasteiger partial charge in [0.15, 0.2) is 0 Å². The van der Waals surface area contributed by atoms with Crippen LogP contribution in [0, 0.1) is 0 Å². The van der Waals surface area contributed by atoms with Crippen molar-refractivity contribution in [3.05, 3.63) is 60.6 Å². The molecular weight excluding hydrogens is 288 g/mol. The van der Waals surface area contributed by atoms with Crippen LogP contribution in [0.2, 0.25) is 0 Å². The van der Waals surface area contributed by atoms with Crippen LogP contribution in [-0.4, -0.2) is 22.1 Å². The van der Waals surface area contributed by atoms with Crippen molar-refractivity contribution in [2.24, 2.45) is 0 Å². The monoisotopic (exact) mass is 308 g/mol. The lowest BCUT2D eigenvalue weighted by atomic mass is 10.2. The number of hydrogen-bond acceptors (Lipinski definition) is 2. The lowest BCUT2D eigenvalue weighted by Crippen LogP contribution is -2.30. The number of benzene rings is 1. The topological polar surface area (TPSA) is 59.0 Å². The van der Waals surface area contributed by atoms with E-state index in [1.807, 2.05) is 36.4 Å². The van der Waals surface area contributed by atoms with Gasteiger partial charge in [-0.05, 0) is 42.6 Å². The quantitative estimate of drug-likeness (QED) is 0.758. The summed E-state index contributed by atoms with van der Waals surface area (Å²) in [4.78, 5) is 16.2. The largest absolute Gasteiger partial charge is 0.348 e. The number of carbonyl (C=O) groups is 1. The van der Waals surface area contributed by atoms with Gasteiger partial charge in [-0.1, -0.05) is 12.1 Å². The highest BCUT2D eigenvalue weighted by Crippen LogP contribution is 2.20. The molecule has 0 radical (unpaired) electrons. The molecule has 5 heteroatoms. The van der Waals surface area contributed by atoms with Gasteiger partial charge in [0.1, 0.15) is 0 Å². The number of pyridine rings is 1. The summed E-state index contributed by atoms with van der Waals surface area (Å²) in [5, 5.41) is 6.90. The van der Waals surface area contributed by atoms with Crippen LogP contribution in [0.4, 0.5) is 10.5 Å². The average Bonchev–Trinajstić information content (AvgIpc) is 2.98. The van der Waals surface area contributed by atoms with Gasteiger partial charge in [0, 0.05) is 43.3 Å². The van der Waals surface area contributed by atoms with Crippen LogP contribution in [0.5, 0.6) is 0 Å². The average molecular weight is 308 g/mol. The van der Waals surface area contributed by atoms with Gasteiger partial charge in [-0.3, -0.25) is 4.98 Å². The van der Waals surface area contributed by atoms with Gasteiger partial charge >= 0.3 is 6.03 Å². The summed E-state index contributed by atoms with van der Waals surface area (Å²) in [6, 6.07) is 13.6. The minimum Gasteiger partial charge on any atom is -0.348 e. The van der Waals surface area contributed by atoms with E-state index in [2.05, 4.69) is 39.4 Å². The number of amides is 2. The van der Waals surface area contributed by atoms with E-state index in [0.29, 0.717) is 13.0 Å². The Labute approximate surface area is 135 Å².